The van der Waals surface area contributed by atoms with E-state index in [4.69, 9.17) is 0 Å². The minimum atomic E-state index is -4.38. The molecule has 0 unspecified atom stereocenters. The molecule has 2 amide bonds. The van der Waals surface area contributed by atoms with E-state index in [9.17, 15) is 18.0 Å². The quantitative estimate of drug-likeness (QED) is 0.723. The van der Waals surface area contributed by atoms with Crippen molar-refractivity contribution in [1.29, 1.82) is 0 Å². The third-order valence-electron chi connectivity index (χ3n) is 3.77. The summed E-state index contributed by atoms with van der Waals surface area (Å²) in [7, 11) is 0. The lowest BCUT2D eigenvalue weighted by Gasteiger charge is -2.13. The first-order chi connectivity index (χ1) is 12.0. The number of carbonyl (C=O) groups excluding carboxylic acids is 1. The summed E-state index contributed by atoms with van der Waals surface area (Å²) in [6.07, 6.45) is -2.59. The molecule has 2 aromatic rings. The Bertz CT molecular complexity index is 672. The summed E-state index contributed by atoms with van der Waals surface area (Å²) < 4.78 is 38.6. The Balaban J connectivity index is 1.67. The molecular formula is C19H21F3N2O. The van der Waals surface area contributed by atoms with Crippen LogP contribution in [0.25, 0.3) is 0 Å². The van der Waals surface area contributed by atoms with Crippen molar-refractivity contribution in [3.05, 3.63) is 71.3 Å². The van der Waals surface area contributed by atoms with E-state index in [1.807, 2.05) is 30.3 Å². The number of aryl methyl sites for hydroxylation is 1. The fourth-order valence-electron chi connectivity index (χ4n) is 2.53. The van der Waals surface area contributed by atoms with Crippen LogP contribution in [-0.2, 0) is 19.0 Å². The highest BCUT2D eigenvalue weighted by molar-refractivity contribution is 5.73. The molecule has 0 saturated heterocycles. The van der Waals surface area contributed by atoms with Gasteiger partial charge in [0.2, 0.25) is 0 Å². The number of halogens is 3. The molecule has 0 heterocycles. The molecule has 25 heavy (non-hydrogen) atoms. The second-order valence-corrected chi connectivity index (χ2v) is 5.68. The van der Waals surface area contributed by atoms with Crippen molar-refractivity contribution < 1.29 is 18.0 Å². The van der Waals surface area contributed by atoms with Gasteiger partial charge in [-0.3, -0.25) is 0 Å². The number of nitrogens with one attached hydrogen (secondary N) is 2. The minimum absolute atomic E-state index is 0.132. The lowest BCUT2D eigenvalue weighted by atomic mass is 10.0. The molecule has 6 heteroatoms. The third kappa shape index (κ3) is 6.49. The van der Waals surface area contributed by atoms with Crippen molar-refractivity contribution in [3.63, 3.8) is 0 Å². The summed E-state index contributed by atoms with van der Waals surface area (Å²) >= 11 is 0. The van der Waals surface area contributed by atoms with E-state index in [0.29, 0.717) is 6.54 Å². The minimum Gasteiger partial charge on any atom is -0.338 e. The average Bonchev–Trinajstić information content (AvgIpc) is 2.59. The highest BCUT2D eigenvalue weighted by Gasteiger charge is 2.32. The Morgan fingerprint density at radius 3 is 2.20 bits per heavy atom. The number of amides is 2. The standard InChI is InChI=1S/C19H21F3N2O/c20-19(21,22)17-11-5-4-10-16(17)12-14-24-18(25)23-13-6-9-15-7-2-1-3-8-15/h1-5,7-8,10-11H,6,9,12-14H2,(H2,23,24,25). The van der Waals surface area contributed by atoms with E-state index in [2.05, 4.69) is 10.6 Å². The van der Waals surface area contributed by atoms with Crippen LogP contribution >= 0.6 is 0 Å². The van der Waals surface area contributed by atoms with E-state index < -0.39 is 11.7 Å². The van der Waals surface area contributed by atoms with Crippen LogP contribution in [0, 0.1) is 0 Å². The Morgan fingerprint density at radius 1 is 0.840 bits per heavy atom. The maximum Gasteiger partial charge on any atom is 0.416 e. The average molecular weight is 350 g/mol. The predicted octanol–water partition coefficient (Wildman–Crippen LogP) is 4.18. The Labute approximate surface area is 145 Å². The number of hydrogen-bond donors (Lipinski definition) is 2. The van der Waals surface area contributed by atoms with Crippen molar-refractivity contribution in [2.45, 2.75) is 25.4 Å². The molecule has 2 N–H and O–H groups in total. The van der Waals surface area contributed by atoms with E-state index >= 15 is 0 Å². The Hall–Kier alpha value is -2.50. The highest BCUT2D eigenvalue weighted by Crippen LogP contribution is 2.31. The zero-order chi connectivity index (χ0) is 18.1. The summed E-state index contributed by atoms with van der Waals surface area (Å²) in [5.74, 6) is 0. The normalized spacial score (nSPS) is 11.2. The molecule has 134 valence electrons. The van der Waals surface area contributed by atoms with Gasteiger partial charge < -0.3 is 10.6 Å². The van der Waals surface area contributed by atoms with Crippen molar-refractivity contribution in [2.75, 3.05) is 13.1 Å². The van der Waals surface area contributed by atoms with Crippen LogP contribution in [0.2, 0.25) is 0 Å². The van der Waals surface area contributed by atoms with Gasteiger partial charge in [-0.15, -0.1) is 0 Å². The zero-order valence-corrected chi connectivity index (χ0v) is 13.8. The number of alkyl halides is 3. The molecule has 2 aromatic carbocycles. The van der Waals surface area contributed by atoms with Gasteiger partial charge in [-0.2, -0.15) is 13.2 Å². The molecule has 0 aliphatic carbocycles. The second-order valence-electron chi connectivity index (χ2n) is 5.68. The molecule has 0 saturated carbocycles. The topological polar surface area (TPSA) is 41.1 Å². The van der Waals surface area contributed by atoms with Crippen molar-refractivity contribution in [3.8, 4) is 0 Å². The molecule has 0 fully saturated rings. The summed E-state index contributed by atoms with van der Waals surface area (Å²) in [4.78, 5) is 11.7. The molecular weight excluding hydrogens is 329 g/mol. The monoisotopic (exact) mass is 350 g/mol. The van der Waals surface area contributed by atoms with E-state index in [1.54, 1.807) is 6.07 Å². The fourth-order valence-corrected chi connectivity index (χ4v) is 2.53. The maximum atomic E-state index is 12.9. The van der Waals surface area contributed by atoms with Crippen LogP contribution < -0.4 is 10.6 Å². The van der Waals surface area contributed by atoms with Gasteiger partial charge in [-0.1, -0.05) is 48.5 Å². The first kappa shape index (κ1) is 18.8. The van der Waals surface area contributed by atoms with Crippen LogP contribution in [0.4, 0.5) is 18.0 Å². The third-order valence-corrected chi connectivity index (χ3v) is 3.77. The van der Waals surface area contributed by atoms with Crippen molar-refractivity contribution in [2.24, 2.45) is 0 Å². The smallest absolute Gasteiger partial charge is 0.338 e. The Morgan fingerprint density at radius 2 is 1.48 bits per heavy atom. The van der Waals surface area contributed by atoms with E-state index in [-0.39, 0.29) is 24.6 Å². The Kier molecular flexibility index (Phi) is 6.86. The molecule has 0 aliphatic heterocycles. The van der Waals surface area contributed by atoms with Crippen LogP contribution in [0.15, 0.2) is 54.6 Å². The van der Waals surface area contributed by atoms with Crippen LogP contribution in [0.3, 0.4) is 0 Å². The van der Waals surface area contributed by atoms with Gasteiger partial charge in [-0.05, 0) is 36.5 Å². The molecule has 2 rings (SSSR count). The van der Waals surface area contributed by atoms with Gasteiger partial charge in [0.25, 0.3) is 0 Å². The summed E-state index contributed by atoms with van der Waals surface area (Å²) in [5.41, 5.74) is 0.730. The van der Waals surface area contributed by atoms with Crippen LogP contribution in [0.1, 0.15) is 23.1 Å². The van der Waals surface area contributed by atoms with Gasteiger partial charge in [-0.25, -0.2) is 4.79 Å². The second kappa shape index (κ2) is 9.11. The van der Waals surface area contributed by atoms with Crippen molar-refractivity contribution in [1.82, 2.24) is 10.6 Å². The zero-order valence-electron chi connectivity index (χ0n) is 13.8. The molecule has 0 bridgehead atoms. The molecule has 0 atom stereocenters. The first-order valence-corrected chi connectivity index (χ1v) is 8.17. The maximum absolute atomic E-state index is 12.9. The molecule has 0 aromatic heterocycles. The van der Waals surface area contributed by atoms with Gasteiger partial charge in [0, 0.05) is 13.1 Å². The molecule has 3 nitrogen and oxygen atoms in total. The van der Waals surface area contributed by atoms with Gasteiger partial charge in [0.1, 0.15) is 0 Å². The number of benzene rings is 2. The fraction of sp³-hybridized carbons (Fsp3) is 0.316. The summed E-state index contributed by atoms with van der Waals surface area (Å²) in [5, 5.41) is 5.30. The highest BCUT2D eigenvalue weighted by atomic mass is 19.4. The lowest BCUT2D eigenvalue weighted by Crippen LogP contribution is -2.37. The number of carbonyl (C=O) groups is 1. The number of hydrogen-bond acceptors (Lipinski definition) is 1. The molecule has 0 spiro atoms. The van der Waals surface area contributed by atoms with Crippen molar-refractivity contribution >= 4 is 6.03 Å². The van der Waals surface area contributed by atoms with Crippen LogP contribution in [0.5, 0.6) is 0 Å². The lowest BCUT2D eigenvalue weighted by molar-refractivity contribution is -0.138. The van der Waals surface area contributed by atoms with Crippen LogP contribution in [-0.4, -0.2) is 19.1 Å². The predicted molar refractivity (Wildman–Crippen MR) is 91.3 cm³/mol. The van der Waals surface area contributed by atoms with Gasteiger partial charge in [0.15, 0.2) is 0 Å². The molecule has 0 radical (unpaired) electrons. The van der Waals surface area contributed by atoms with E-state index in [1.165, 1.54) is 17.7 Å². The number of urea groups is 1. The SMILES string of the molecule is O=C(NCCCc1ccccc1)NCCc1ccccc1C(F)(F)F. The number of rotatable bonds is 7. The summed E-state index contributed by atoms with van der Waals surface area (Å²) in [6.45, 7) is 0.664. The van der Waals surface area contributed by atoms with E-state index in [0.717, 1.165) is 18.9 Å². The molecule has 0 aliphatic rings. The first-order valence-electron chi connectivity index (χ1n) is 8.17. The van der Waals surface area contributed by atoms with Gasteiger partial charge in [0.05, 0.1) is 5.56 Å². The summed E-state index contributed by atoms with van der Waals surface area (Å²) in [6, 6.07) is 15.0. The van der Waals surface area contributed by atoms with Gasteiger partial charge >= 0.3 is 12.2 Å². The largest absolute Gasteiger partial charge is 0.416 e.